The number of ether oxygens (including phenoxy) is 1. The minimum absolute atomic E-state index is 0.277. The summed E-state index contributed by atoms with van der Waals surface area (Å²) in [5.41, 5.74) is 5.54. The lowest BCUT2D eigenvalue weighted by Crippen LogP contribution is -2.30. The molecule has 1 unspecified atom stereocenters. The van der Waals surface area contributed by atoms with E-state index in [4.69, 9.17) is 4.74 Å². The van der Waals surface area contributed by atoms with E-state index in [1.807, 2.05) is 0 Å². The Morgan fingerprint density at radius 2 is 1.95 bits per heavy atom. The largest absolute Gasteiger partial charge is 0.497 e. The lowest BCUT2D eigenvalue weighted by atomic mass is 9.89. The van der Waals surface area contributed by atoms with Crippen LogP contribution in [0.4, 0.5) is 0 Å². The van der Waals surface area contributed by atoms with Gasteiger partial charge >= 0.3 is 0 Å². The van der Waals surface area contributed by atoms with Gasteiger partial charge in [0.2, 0.25) is 0 Å². The first-order valence-electron chi connectivity index (χ1n) is 7.81. The lowest BCUT2D eigenvalue weighted by molar-refractivity contribution is 0.412. The van der Waals surface area contributed by atoms with Crippen LogP contribution in [0.5, 0.6) is 5.75 Å². The van der Waals surface area contributed by atoms with E-state index in [0.717, 1.165) is 25.1 Å². The van der Waals surface area contributed by atoms with Crippen molar-refractivity contribution in [1.82, 2.24) is 5.32 Å². The number of rotatable bonds is 4. The van der Waals surface area contributed by atoms with E-state index in [1.54, 1.807) is 7.11 Å². The van der Waals surface area contributed by atoms with Gasteiger partial charge in [-0.05, 0) is 47.2 Å². The minimum atomic E-state index is 0.277. The number of fused-ring (bicyclic) bond motifs is 1. The molecule has 2 aromatic carbocycles. The first kappa shape index (κ1) is 14.2. The van der Waals surface area contributed by atoms with Crippen molar-refractivity contribution in [2.24, 2.45) is 0 Å². The van der Waals surface area contributed by atoms with Gasteiger partial charge in [0, 0.05) is 6.54 Å². The smallest absolute Gasteiger partial charge is 0.119 e. The molecule has 0 saturated heterocycles. The molecule has 21 heavy (non-hydrogen) atoms. The van der Waals surface area contributed by atoms with Crippen LogP contribution in [-0.4, -0.2) is 13.7 Å². The highest BCUT2D eigenvalue weighted by molar-refractivity contribution is 5.44. The van der Waals surface area contributed by atoms with E-state index in [-0.39, 0.29) is 6.04 Å². The fourth-order valence-corrected chi connectivity index (χ4v) is 3.12. The van der Waals surface area contributed by atoms with E-state index in [2.05, 4.69) is 54.7 Å². The topological polar surface area (TPSA) is 21.3 Å². The Bertz CT molecular complexity index is 603. The third kappa shape index (κ3) is 2.96. The van der Waals surface area contributed by atoms with Crippen molar-refractivity contribution in [2.75, 3.05) is 13.7 Å². The monoisotopic (exact) mass is 281 g/mol. The summed E-state index contributed by atoms with van der Waals surface area (Å²) in [7, 11) is 1.73. The van der Waals surface area contributed by atoms with E-state index in [0.29, 0.717) is 0 Å². The fourth-order valence-electron chi connectivity index (χ4n) is 3.12. The first-order chi connectivity index (χ1) is 10.3. The molecule has 110 valence electrons. The van der Waals surface area contributed by atoms with Crippen LogP contribution in [0.3, 0.4) is 0 Å². The Labute approximate surface area is 127 Å². The van der Waals surface area contributed by atoms with Gasteiger partial charge < -0.3 is 10.1 Å². The second-order valence-electron chi connectivity index (χ2n) is 5.69. The molecule has 3 rings (SSSR count). The predicted molar refractivity (Wildman–Crippen MR) is 87.0 cm³/mol. The average Bonchev–Trinajstić information content (AvgIpc) is 2.55. The van der Waals surface area contributed by atoms with Crippen molar-refractivity contribution in [2.45, 2.75) is 32.2 Å². The molecular weight excluding hydrogens is 258 g/mol. The molecule has 0 bridgehead atoms. The number of aryl methyl sites for hydroxylation is 1. The minimum Gasteiger partial charge on any atom is -0.497 e. The van der Waals surface area contributed by atoms with Crippen molar-refractivity contribution in [3.05, 3.63) is 64.7 Å². The first-order valence-corrected chi connectivity index (χ1v) is 7.81. The highest BCUT2D eigenvalue weighted by atomic mass is 16.5. The maximum Gasteiger partial charge on any atom is 0.119 e. The zero-order valence-electron chi connectivity index (χ0n) is 12.9. The van der Waals surface area contributed by atoms with Crippen LogP contribution in [0.1, 0.15) is 41.6 Å². The van der Waals surface area contributed by atoms with E-state index in [9.17, 15) is 0 Å². The highest BCUT2D eigenvalue weighted by Gasteiger charge is 2.21. The molecule has 0 aliphatic carbocycles. The van der Waals surface area contributed by atoms with Crippen molar-refractivity contribution in [1.29, 1.82) is 0 Å². The Kier molecular flexibility index (Phi) is 4.26. The fraction of sp³-hybridized carbons (Fsp3) is 0.368. The highest BCUT2D eigenvalue weighted by Crippen LogP contribution is 2.31. The second kappa shape index (κ2) is 6.31. The standard InChI is InChI=1S/C19H23NO/c1-3-4-14-5-7-16(8-6-14)19-18-13-17(21-2)10-9-15(18)11-12-20-19/h5-10,13,19-20H,3-4,11-12H2,1-2H3. The SMILES string of the molecule is CCCc1ccc(C2NCCc3ccc(OC)cc32)cc1. The summed E-state index contributed by atoms with van der Waals surface area (Å²) in [6, 6.07) is 15.8. The van der Waals surface area contributed by atoms with Crippen molar-refractivity contribution >= 4 is 0 Å². The summed E-state index contributed by atoms with van der Waals surface area (Å²) in [5.74, 6) is 0.935. The molecule has 2 aromatic rings. The molecule has 2 heteroatoms. The van der Waals surface area contributed by atoms with Gasteiger partial charge in [-0.2, -0.15) is 0 Å². The van der Waals surface area contributed by atoms with Crippen molar-refractivity contribution in [3.63, 3.8) is 0 Å². The third-order valence-corrected chi connectivity index (χ3v) is 4.26. The van der Waals surface area contributed by atoms with Gasteiger partial charge in [0.05, 0.1) is 13.2 Å². The van der Waals surface area contributed by atoms with Gasteiger partial charge in [0.1, 0.15) is 5.75 Å². The molecular formula is C19H23NO. The molecule has 0 amide bonds. The van der Waals surface area contributed by atoms with Crippen LogP contribution < -0.4 is 10.1 Å². The van der Waals surface area contributed by atoms with Gasteiger partial charge in [0.25, 0.3) is 0 Å². The van der Waals surface area contributed by atoms with Crippen molar-refractivity contribution in [3.8, 4) is 5.75 Å². The molecule has 1 aliphatic rings. The Morgan fingerprint density at radius 3 is 2.67 bits per heavy atom. The molecule has 0 saturated carbocycles. The maximum atomic E-state index is 5.39. The Balaban J connectivity index is 1.93. The Hall–Kier alpha value is -1.80. The van der Waals surface area contributed by atoms with Crippen LogP contribution in [0.15, 0.2) is 42.5 Å². The quantitative estimate of drug-likeness (QED) is 0.918. The van der Waals surface area contributed by atoms with E-state index in [1.165, 1.54) is 28.7 Å². The van der Waals surface area contributed by atoms with Crippen LogP contribution in [0, 0.1) is 0 Å². The summed E-state index contributed by atoms with van der Waals surface area (Å²) in [6.07, 6.45) is 3.44. The average molecular weight is 281 g/mol. The number of hydrogen-bond acceptors (Lipinski definition) is 2. The van der Waals surface area contributed by atoms with Crippen LogP contribution in [-0.2, 0) is 12.8 Å². The lowest BCUT2D eigenvalue weighted by Gasteiger charge is -2.28. The summed E-state index contributed by atoms with van der Waals surface area (Å²) in [5, 5.41) is 3.64. The number of methoxy groups -OCH3 is 1. The molecule has 2 nitrogen and oxygen atoms in total. The molecule has 1 aliphatic heterocycles. The second-order valence-corrected chi connectivity index (χ2v) is 5.69. The zero-order chi connectivity index (χ0) is 14.7. The van der Waals surface area contributed by atoms with Gasteiger partial charge in [-0.25, -0.2) is 0 Å². The van der Waals surface area contributed by atoms with Gasteiger partial charge in [-0.1, -0.05) is 43.7 Å². The number of nitrogens with one attached hydrogen (secondary N) is 1. The molecule has 1 atom stereocenters. The third-order valence-electron chi connectivity index (χ3n) is 4.26. The molecule has 0 fully saturated rings. The number of benzene rings is 2. The van der Waals surface area contributed by atoms with Crippen LogP contribution in [0.25, 0.3) is 0 Å². The predicted octanol–water partition coefficient (Wildman–Crippen LogP) is 3.88. The number of hydrogen-bond donors (Lipinski definition) is 1. The summed E-state index contributed by atoms with van der Waals surface area (Å²) >= 11 is 0. The molecule has 0 radical (unpaired) electrons. The van der Waals surface area contributed by atoms with Gasteiger partial charge in [-0.15, -0.1) is 0 Å². The summed E-state index contributed by atoms with van der Waals surface area (Å²) in [6.45, 7) is 3.25. The normalized spacial score (nSPS) is 17.3. The van der Waals surface area contributed by atoms with E-state index < -0.39 is 0 Å². The summed E-state index contributed by atoms with van der Waals surface area (Å²) < 4.78 is 5.39. The zero-order valence-corrected chi connectivity index (χ0v) is 12.9. The summed E-state index contributed by atoms with van der Waals surface area (Å²) in [4.78, 5) is 0. The van der Waals surface area contributed by atoms with Gasteiger partial charge in [0.15, 0.2) is 0 Å². The molecule has 0 aromatic heterocycles. The Morgan fingerprint density at radius 1 is 1.14 bits per heavy atom. The molecule has 1 heterocycles. The maximum absolute atomic E-state index is 5.39. The van der Waals surface area contributed by atoms with Gasteiger partial charge in [-0.3, -0.25) is 0 Å². The van der Waals surface area contributed by atoms with E-state index >= 15 is 0 Å². The molecule has 0 spiro atoms. The van der Waals surface area contributed by atoms with Crippen LogP contribution >= 0.6 is 0 Å². The molecule has 1 N–H and O–H groups in total. The van der Waals surface area contributed by atoms with Crippen molar-refractivity contribution < 1.29 is 4.74 Å². The van der Waals surface area contributed by atoms with Crippen LogP contribution in [0.2, 0.25) is 0 Å².